The third-order valence-corrected chi connectivity index (χ3v) is 3.43. The molecule has 2 N–H and O–H groups in total. The van der Waals surface area contributed by atoms with E-state index in [0.717, 1.165) is 12.2 Å². The Kier molecular flexibility index (Phi) is 3.74. The Bertz CT molecular complexity index is 436. The molecule has 0 spiro atoms. The van der Waals surface area contributed by atoms with Crippen LogP contribution in [0.5, 0.6) is 11.5 Å². The summed E-state index contributed by atoms with van der Waals surface area (Å²) in [5.74, 6) is 2.08. The van der Waals surface area contributed by atoms with Crippen LogP contribution in [0.25, 0.3) is 0 Å². The van der Waals surface area contributed by atoms with E-state index in [2.05, 4.69) is 0 Å². The lowest BCUT2D eigenvalue weighted by Crippen LogP contribution is -2.29. The van der Waals surface area contributed by atoms with Crippen molar-refractivity contribution in [1.29, 1.82) is 0 Å². The summed E-state index contributed by atoms with van der Waals surface area (Å²) in [5.41, 5.74) is 6.44. The zero-order valence-corrected chi connectivity index (χ0v) is 11.9. The second-order valence-electron chi connectivity index (χ2n) is 5.46. The van der Waals surface area contributed by atoms with Crippen molar-refractivity contribution in [1.82, 2.24) is 0 Å². The molecule has 0 amide bonds. The number of rotatable bonds is 5. The van der Waals surface area contributed by atoms with Crippen LogP contribution in [0.15, 0.2) is 12.1 Å². The van der Waals surface area contributed by atoms with Gasteiger partial charge in [0.2, 0.25) is 0 Å². The number of hydrogen-bond acceptors (Lipinski definition) is 3. The molecule has 1 saturated carbocycles. The molecule has 0 saturated heterocycles. The highest BCUT2D eigenvalue weighted by Crippen LogP contribution is 2.38. The smallest absolute Gasteiger partial charge is 0.162 e. The van der Waals surface area contributed by atoms with Gasteiger partial charge in [0.25, 0.3) is 0 Å². The van der Waals surface area contributed by atoms with Crippen LogP contribution in [0.1, 0.15) is 32.3 Å². The summed E-state index contributed by atoms with van der Waals surface area (Å²) in [6.45, 7) is 4.56. The first-order valence-electron chi connectivity index (χ1n) is 6.21. The molecule has 0 heterocycles. The van der Waals surface area contributed by atoms with Crippen molar-refractivity contribution >= 4 is 11.6 Å². The van der Waals surface area contributed by atoms with Crippen LogP contribution in [0.3, 0.4) is 0 Å². The van der Waals surface area contributed by atoms with Crippen LogP contribution >= 0.6 is 11.6 Å². The molecule has 0 radical (unpaired) electrons. The van der Waals surface area contributed by atoms with E-state index in [1.54, 1.807) is 13.2 Å². The first kappa shape index (κ1) is 13.5. The maximum Gasteiger partial charge on any atom is 0.162 e. The lowest BCUT2D eigenvalue weighted by atomic mass is 9.95. The van der Waals surface area contributed by atoms with Crippen molar-refractivity contribution in [3.8, 4) is 11.5 Å². The number of ether oxygens (including phenoxy) is 2. The van der Waals surface area contributed by atoms with E-state index in [9.17, 15) is 0 Å². The van der Waals surface area contributed by atoms with E-state index < -0.39 is 5.54 Å². The summed E-state index contributed by atoms with van der Waals surface area (Å²) >= 11 is 6.26. The van der Waals surface area contributed by atoms with Crippen LogP contribution in [-0.4, -0.2) is 13.7 Å². The van der Waals surface area contributed by atoms with E-state index in [1.165, 1.54) is 12.8 Å². The van der Waals surface area contributed by atoms with Gasteiger partial charge in [-0.05, 0) is 44.2 Å². The van der Waals surface area contributed by atoms with Gasteiger partial charge in [0.15, 0.2) is 11.5 Å². The molecule has 1 aromatic rings. The normalized spacial score (nSPS) is 15.6. The molecule has 0 atom stereocenters. The average molecular weight is 270 g/mol. The van der Waals surface area contributed by atoms with Crippen molar-refractivity contribution < 1.29 is 9.47 Å². The maximum absolute atomic E-state index is 6.26. The average Bonchev–Trinajstić information content (AvgIpc) is 3.08. The topological polar surface area (TPSA) is 44.5 Å². The number of methoxy groups -OCH3 is 1. The Morgan fingerprint density at radius 3 is 2.50 bits per heavy atom. The third-order valence-electron chi connectivity index (χ3n) is 3.12. The van der Waals surface area contributed by atoms with Crippen LogP contribution in [0, 0.1) is 5.92 Å². The lowest BCUT2D eigenvalue weighted by Gasteiger charge is -2.22. The highest BCUT2D eigenvalue weighted by Gasteiger charge is 2.24. The summed E-state index contributed by atoms with van der Waals surface area (Å²) in [6.07, 6.45) is 2.51. The molecule has 3 nitrogen and oxygen atoms in total. The summed E-state index contributed by atoms with van der Waals surface area (Å²) in [5, 5.41) is 0.620. The molecule has 0 aliphatic heterocycles. The summed E-state index contributed by atoms with van der Waals surface area (Å²) < 4.78 is 11.1. The molecule has 1 fully saturated rings. The number of halogens is 1. The Balaban J connectivity index is 2.26. The fourth-order valence-electron chi connectivity index (χ4n) is 1.79. The van der Waals surface area contributed by atoms with Crippen LogP contribution in [0.2, 0.25) is 5.02 Å². The minimum atomic E-state index is -0.501. The molecule has 0 bridgehead atoms. The third kappa shape index (κ3) is 3.09. The molecule has 4 heteroatoms. The SMILES string of the molecule is COc1cc(C(C)(C)N)c(Cl)cc1OCC1CC1. The van der Waals surface area contributed by atoms with Gasteiger partial charge in [0, 0.05) is 16.6 Å². The van der Waals surface area contributed by atoms with Gasteiger partial charge >= 0.3 is 0 Å². The van der Waals surface area contributed by atoms with E-state index in [0.29, 0.717) is 22.4 Å². The van der Waals surface area contributed by atoms with Crippen molar-refractivity contribution in [3.05, 3.63) is 22.7 Å². The Morgan fingerprint density at radius 1 is 1.33 bits per heavy atom. The quantitative estimate of drug-likeness (QED) is 0.892. The summed E-state index contributed by atoms with van der Waals surface area (Å²) in [4.78, 5) is 0. The Hall–Kier alpha value is -0.930. The molecule has 2 rings (SSSR count). The summed E-state index contributed by atoms with van der Waals surface area (Å²) in [6, 6.07) is 3.66. The van der Waals surface area contributed by atoms with Crippen molar-refractivity contribution in [2.45, 2.75) is 32.2 Å². The van der Waals surface area contributed by atoms with E-state index in [1.807, 2.05) is 19.9 Å². The fraction of sp³-hybridized carbons (Fsp3) is 0.571. The molecular weight excluding hydrogens is 250 g/mol. The van der Waals surface area contributed by atoms with E-state index >= 15 is 0 Å². The summed E-state index contributed by atoms with van der Waals surface area (Å²) in [7, 11) is 1.63. The molecule has 18 heavy (non-hydrogen) atoms. The monoisotopic (exact) mass is 269 g/mol. The molecule has 1 aliphatic carbocycles. The second kappa shape index (κ2) is 4.98. The molecule has 100 valence electrons. The van der Waals surface area contributed by atoms with Gasteiger partial charge < -0.3 is 15.2 Å². The van der Waals surface area contributed by atoms with Gasteiger partial charge in [-0.1, -0.05) is 11.6 Å². The van der Waals surface area contributed by atoms with Gasteiger partial charge in [-0.15, -0.1) is 0 Å². The van der Waals surface area contributed by atoms with Gasteiger partial charge in [0.05, 0.1) is 13.7 Å². The van der Waals surface area contributed by atoms with Gasteiger partial charge in [-0.2, -0.15) is 0 Å². The van der Waals surface area contributed by atoms with E-state index in [4.69, 9.17) is 26.8 Å². The first-order valence-corrected chi connectivity index (χ1v) is 6.59. The van der Waals surface area contributed by atoms with Crippen molar-refractivity contribution in [2.24, 2.45) is 11.7 Å². The fourth-order valence-corrected chi connectivity index (χ4v) is 2.19. The standard InChI is InChI=1S/C14H20ClNO2/c1-14(2,16)10-6-12(17-3)13(7-11(10)15)18-8-9-4-5-9/h6-7,9H,4-5,8,16H2,1-3H3. The first-order chi connectivity index (χ1) is 8.41. The van der Waals surface area contributed by atoms with Crippen molar-refractivity contribution in [2.75, 3.05) is 13.7 Å². The molecule has 1 aromatic carbocycles. The molecule has 0 aromatic heterocycles. The molecule has 1 aliphatic rings. The highest BCUT2D eigenvalue weighted by atomic mass is 35.5. The maximum atomic E-state index is 6.26. The zero-order chi connectivity index (χ0) is 13.3. The number of benzene rings is 1. The second-order valence-corrected chi connectivity index (χ2v) is 5.87. The highest BCUT2D eigenvalue weighted by molar-refractivity contribution is 6.31. The number of hydrogen-bond donors (Lipinski definition) is 1. The minimum absolute atomic E-state index is 0.501. The van der Waals surface area contributed by atoms with Crippen molar-refractivity contribution in [3.63, 3.8) is 0 Å². The largest absolute Gasteiger partial charge is 0.493 e. The molecular formula is C14H20ClNO2. The Morgan fingerprint density at radius 2 is 2.00 bits per heavy atom. The van der Waals surface area contributed by atoms with Gasteiger partial charge in [-0.25, -0.2) is 0 Å². The predicted molar refractivity (Wildman–Crippen MR) is 73.4 cm³/mol. The minimum Gasteiger partial charge on any atom is -0.493 e. The molecule has 0 unspecified atom stereocenters. The lowest BCUT2D eigenvalue weighted by molar-refractivity contribution is 0.280. The van der Waals surface area contributed by atoms with Gasteiger partial charge in [0.1, 0.15) is 0 Å². The number of nitrogens with two attached hydrogens (primary N) is 1. The predicted octanol–water partition coefficient (Wildman–Crippen LogP) is 3.33. The van der Waals surface area contributed by atoms with Gasteiger partial charge in [-0.3, -0.25) is 0 Å². The van der Waals surface area contributed by atoms with E-state index in [-0.39, 0.29) is 0 Å². The zero-order valence-electron chi connectivity index (χ0n) is 11.1. The Labute approximate surface area is 113 Å². The van der Waals surface area contributed by atoms with Crippen LogP contribution < -0.4 is 15.2 Å². The van der Waals surface area contributed by atoms with Crippen LogP contribution in [0.4, 0.5) is 0 Å². The van der Waals surface area contributed by atoms with Crippen LogP contribution in [-0.2, 0) is 5.54 Å².